The molecular formula is C21H23N3O3. The lowest BCUT2D eigenvalue weighted by Gasteiger charge is -2.46. The third kappa shape index (κ3) is 2.58. The van der Waals surface area contributed by atoms with Gasteiger partial charge in [-0.3, -0.25) is 4.79 Å². The van der Waals surface area contributed by atoms with Gasteiger partial charge in [0.15, 0.2) is 11.5 Å². The SMILES string of the molecule is CC1c2cc3c(cc2C2(CCCC2)CN1C(=O)c1ccncn1)OCCO3. The lowest BCUT2D eigenvalue weighted by molar-refractivity contribution is 0.0587. The molecule has 3 aliphatic rings. The second kappa shape index (κ2) is 6.22. The molecule has 5 rings (SSSR count). The van der Waals surface area contributed by atoms with Gasteiger partial charge in [0.1, 0.15) is 25.2 Å². The van der Waals surface area contributed by atoms with Crippen LogP contribution in [0.4, 0.5) is 0 Å². The maximum atomic E-state index is 13.2. The van der Waals surface area contributed by atoms with E-state index in [4.69, 9.17) is 9.47 Å². The molecule has 1 aliphatic carbocycles. The predicted molar refractivity (Wildman–Crippen MR) is 99.1 cm³/mol. The third-order valence-corrected chi connectivity index (χ3v) is 6.30. The van der Waals surface area contributed by atoms with Crippen molar-refractivity contribution in [2.45, 2.75) is 44.1 Å². The van der Waals surface area contributed by atoms with Crippen molar-refractivity contribution in [3.8, 4) is 11.5 Å². The van der Waals surface area contributed by atoms with E-state index in [1.54, 1.807) is 12.3 Å². The second-order valence-corrected chi connectivity index (χ2v) is 7.77. The fraction of sp³-hybridized carbons (Fsp3) is 0.476. The number of amides is 1. The van der Waals surface area contributed by atoms with Gasteiger partial charge < -0.3 is 14.4 Å². The number of benzene rings is 1. The van der Waals surface area contributed by atoms with Crippen LogP contribution in [0.3, 0.4) is 0 Å². The van der Waals surface area contributed by atoms with Crippen molar-refractivity contribution in [2.75, 3.05) is 19.8 Å². The highest BCUT2D eigenvalue weighted by molar-refractivity contribution is 5.92. The number of hydrogen-bond acceptors (Lipinski definition) is 5. The lowest BCUT2D eigenvalue weighted by Crippen LogP contribution is -2.48. The van der Waals surface area contributed by atoms with Crippen LogP contribution in [0.25, 0.3) is 0 Å². The fourth-order valence-corrected chi connectivity index (χ4v) is 4.92. The molecule has 1 aromatic heterocycles. The van der Waals surface area contributed by atoms with Crippen LogP contribution in [0.15, 0.2) is 30.7 Å². The molecule has 1 fully saturated rings. The van der Waals surface area contributed by atoms with E-state index in [-0.39, 0.29) is 17.4 Å². The Morgan fingerprint density at radius 2 is 1.93 bits per heavy atom. The summed E-state index contributed by atoms with van der Waals surface area (Å²) in [6.07, 6.45) is 7.63. The Balaban J connectivity index is 1.61. The summed E-state index contributed by atoms with van der Waals surface area (Å²) in [6.45, 7) is 3.97. The van der Waals surface area contributed by atoms with Gasteiger partial charge in [-0.1, -0.05) is 12.8 Å². The molecule has 0 bridgehead atoms. The smallest absolute Gasteiger partial charge is 0.273 e. The zero-order valence-corrected chi connectivity index (χ0v) is 15.5. The van der Waals surface area contributed by atoms with Crippen LogP contribution in [0.5, 0.6) is 11.5 Å². The van der Waals surface area contributed by atoms with Gasteiger partial charge in [-0.25, -0.2) is 9.97 Å². The lowest BCUT2D eigenvalue weighted by atomic mass is 9.71. The number of aromatic nitrogens is 2. The molecule has 1 saturated carbocycles. The second-order valence-electron chi connectivity index (χ2n) is 7.77. The molecule has 0 saturated heterocycles. The van der Waals surface area contributed by atoms with Gasteiger partial charge in [-0.15, -0.1) is 0 Å². The Labute approximate surface area is 158 Å². The number of carbonyl (C=O) groups excluding carboxylic acids is 1. The van der Waals surface area contributed by atoms with Crippen LogP contribution in [0.2, 0.25) is 0 Å². The van der Waals surface area contributed by atoms with E-state index in [2.05, 4.69) is 29.0 Å². The van der Waals surface area contributed by atoms with Gasteiger partial charge >= 0.3 is 0 Å². The van der Waals surface area contributed by atoms with Gasteiger partial charge in [-0.2, -0.15) is 0 Å². The van der Waals surface area contributed by atoms with E-state index in [1.165, 1.54) is 30.3 Å². The third-order valence-electron chi connectivity index (χ3n) is 6.30. The summed E-state index contributed by atoms with van der Waals surface area (Å²) in [5.41, 5.74) is 2.96. The highest BCUT2D eigenvalue weighted by atomic mass is 16.6. The van der Waals surface area contributed by atoms with Crippen LogP contribution >= 0.6 is 0 Å². The van der Waals surface area contributed by atoms with Gasteiger partial charge in [-0.05, 0) is 49.1 Å². The van der Waals surface area contributed by atoms with E-state index in [9.17, 15) is 4.79 Å². The quantitative estimate of drug-likeness (QED) is 0.776. The summed E-state index contributed by atoms with van der Waals surface area (Å²) >= 11 is 0. The minimum atomic E-state index is -0.0375. The number of hydrogen-bond donors (Lipinski definition) is 0. The molecule has 2 aromatic rings. The summed E-state index contributed by atoms with van der Waals surface area (Å²) in [7, 11) is 0. The van der Waals surface area contributed by atoms with Crippen molar-refractivity contribution < 1.29 is 14.3 Å². The summed E-state index contributed by atoms with van der Waals surface area (Å²) in [6, 6.07) is 5.92. The summed E-state index contributed by atoms with van der Waals surface area (Å²) in [4.78, 5) is 23.3. The van der Waals surface area contributed by atoms with Gasteiger partial charge in [0.25, 0.3) is 5.91 Å². The Morgan fingerprint density at radius 1 is 1.19 bits per heavy atom. The minimum absolute atomic E-state index is 0.000368. The number of ether oxygens (including phenoxy) is 2. The Hall–Kier alpha value is -2.63. The molecule has 27 heavy (non-hydrogen) atoms. The highest BCUT2D eigenvalue weighted by Crippen LogP contribution is 2.52. The van der Waals surface area contributed by atoms with Crippen molar-refractivity contribution in [1.82, 2.24) is 14.9 Å². The standard InChI is InChI=1S/C21H23N3O3/c1-14-15-10-18-19(27-9-8-26-18)11-16(15)21(5-2-3-6-21)12-24(14)20(25)17-4-7-22-13-23-17/h4,7,10-11,13-14H,2-3,5-6,8-9,12H2,1H3. The molecule has 1 aromatic carbocycles. The van der Waals surface area contributed by atoms with Gasteiger partial charge in [0.2, 0.25) is 0 Å². The van der Waals surface area contributed by atoms with Crippen molar-refractivity contribution >= 4 is 5.91 Å². The Kier molecular flexibility index (Phi) is 3.81. The number of carbonyl (C=O) groups is 1. The van der Waals surface area contributed by atoms with Crippen LogP contribution in [-0.2, 0) is 5.41 Å². The van der Waals surface area contributed by atoms with Gasteiger partial charge in [0, 0.05) is 18.2 Å². The Morgan fingerprint density at radius 3 is 2.63 bits per heavy atom. The first-order valence-corrected chi connectivity index (χ1v) is 9.69. The van der Waals surface area contributed by atoms with Crippen LogP contribution in [0, 0.1) is 0 Å². The molecule has 3 heterocycles. The Bertz CT molecular complexity index is 878. The molecule has 1 spiro atoms. The predicted octanol–water partition coefficient (Wildman–Crippen LogP) is 3.28. The van der Waals surface area contributed by atoms with Crippen molar-refractivity contribution in [3.05, 3.63) is 47.5 Å². The summed E-state index contributed by atoms with van der Waals surface area (Å²) < 4.78 is 11.7. The van der Waals surface area contributed by atoms with Gasteiger partial charge in [0.05, 0.1) is 6.04 Å². The van der Waals surface area contributed by atoms with Crippen molar-refractivity contribution in [2.24, 2.45) is 0 Å². The molecule has 140 valence electrons. The highest BCUT2D eigenvalue weighted by Gasteiger charge is 2.46. The largest absolute Gasteiger partial charge is 0.486 e. The van der Waals surface area contributed by atoms with Crippen LogP contribution < -0.4 is 9.47 Å². The first-order chi connectivity index (χ1) is 13.2. The molecular weight excluding hydrogens is 342 g/mol. The van der Waals surface area contributed by atoms with Crippen LogP contribution in [0.1, 0.15) is 60.3 Å². The molecule has 0 radical (unpaired) electrons. The zero-order valence-electron chi connectivity index (χ0n) is 15.5. The first-order valence-electron chi connectivity index (χ1n) is 9.69. The van der Waals surface area contributed by atoms with E-state index in [0.29, 0.717) is 18.9 Å². The van der Waals surface area contributed by atoms with E-state index >= 15 is 0 Å². The summed E-state index contributed by atoms with van der Waals surface area (Å²) in [5.74, 6) is 1.60. The summed E-state index contributed by atoms with van der Waals surface area (Å²) in [5, 5.41) is 0. The molecule has 6 heteroatoms. The maximum Gasteiger partial charge on any atom is 0.273 e. The monoisotopic (exact) mass is 365 g/mol. The average Bonchev–Trinajstić information content (AvgIpc) is 3.19. The number of nitrogens with zero attached hydrogens (tertiary/aromatic N) is 3. The maximum absolute atomic E-state index is 13.2. The molecule has 6 nitrogen and oxygen atoms in total. The molecule has 1 atom stereocenters. The van der Waals surface area contributed by atoms with E-state index in [0.717, 1.165) is 30.9 Å². The normalized spacial score (nSPS) is 22.6. The molecule has 1 amide bonds. The zero-order chi connectivity index (χ0) is 18.4. The molecule has 2 aliphatic heterocycles. The fourth-order valence-electron chi connectivity index (χ4n) is 4.92. The molecule has 0 N–H and O–H groups in total. The molecule has 1 unspecified atom stereocenters. The number of fused-ring (bicyclic) bond motifs is 3. The van der Waals surface area contributed by atoms with E-state index in [1.807, 2.05) is 4.90 Å². The minimum Gasteiger partial charge on any atom is -0.486 e. The number of rotatable bonds is 1. The average molecular weight is 365 g/mol. The van der Waals surface area contributed by atoms with Crippen molar-refractivity contribution in [3.63, 3.8) is 0 Å². The van der Waals surface area contributed by atoms with Crippen LogP contribution in [-0.4, -0.2) is 40.5 Å². The topological polar surface area (TPSA) is 64.6 Å². The first kappa shape index (κ1) is 16.5. The van der Waals surface area contributed by atoms with Crippen molar-refractivity contribution in [1.29, 1.82) is 0 Å². The van der Waals surface area contributed by atoms with E-state index < -0.39 is 0 Å².